The number of amides is 3. The molecule has 28 heavy (non-hydrogen) atoms. The molecular formula is C19H25N5O3S. The molecule has 2 rings (SSSR count). The minimum Gasteiger partial charge on any atom is -0.486 e. The molecule has 9 heteroatoms. The monoisotopic (exact) mass is 403 g/mol. The maximum atomic E-state index is 11.9. The Hall–Kier alpha value is -2.81. The molecule has 3 amide bonds. The number of thioether (sulfide) groups is 1. The van der Waals surface area contributed by atoms with E-state index in [0.29, 0.717) is 24.1 Å². The van der Waals surface area contributed by atoms with Gasteiger partial charge in [0.1, 0.15) is 12.4 Å². The Labute approximate surface area is 168 Å². The van der Waals surface area contributed by atoms with Crippen molar-refractivity contribution in [2.75, 3.05) is 12.3 Å². The van der Waals surface area contributed by atoms with Crippen LogP contribution in [0.3, 0.4) is 0 Å². The van der Waals surface area contributed by atoms with Gasteiger partial charge in [0, 0.05) is 13.1 Å². The molecule has 0 fully saturated rings. The number of nitrogens with one attached hydrogen (secondary N) is 2. The average molecular weight is 404 g/mol. The highest BCUT2D eigenvalue weighted by atomic mass is 32.2. The highest BCUT2D eigenvalue weighted by molar-refractivity contribution is 7.99. The first-order valence-electron chi connectivity index (χ1n) is 8.96. The molecule has 0 aliphatic carbocycles. The lowest BCUT2D eigenvalue weighted by atomic mass is 10.2. The van der Waals surface area contributed by atoms with Crippen LogP contribution in [0.4, 0.5) is 4.79 Å². The molecule has 1 aromatic carbocycles. The van der Waals surface area contributed by atoms with E-state index < -0.39 is 11.9 Å². The van der Waals surface area contributed by atoms with E-state index in [1.807, 2.05) is 42.7 Å². The zero-order chi connectivity index (χ0) is 20.4. The summed E-state index contributed by atoms with van der Waals surface area (Å²) in [6.07, 6.45) is 2.52. The summed E-state index contributed by atoms with van der Waals surface area (Å²) in [6.45, 7) is 8.93. The SMILES string of the molecule is C=CCn1c(COc2cccc(C)c2)nnc1SCC(=O)NC(=O)NCCC. The summed E-state index contributed by atoms with van der Waals surface area (Å²) in [5.41, 5.74) is 1.11. The number of aromatic nitrogens is 3. The summed E-state index contributed by atoms with van der Waals surface area (Å²) in [5, 5.41) is 13.7. The van der Waals surface area contributed by atoms with Crippen LogP contribution >= 0.6 is 11.8 Å². The fourth-order valence-corrected chi connectivity index (χ4v) is 3.04. The van der Waals surface area contributed by atoms with Gasteiger partial charge in [-0.25, -0.2) is 4.79 Å². The van der Waals surface area contributed by atoms with Crippen molar-refractivity contribution >= 4 is 23.7 Å². The van der Waals surface area contributed by atoms with Gasteiger partial charge in [0.25, 0.3) is 0 Å². The fraction of sp³-hybridized carbons (Fsp3) is 0.368. The number of nitrogens with zero attached hydrogens (tertiary/aromatic N) is 3. The number of urea groups is 1. The van der Waals surface area contributed by atoms with E-state index >= 15 is 0 Å². The van der Waals surface area contributed by atoms with Crippen molar-refractivity contribution in [3.8, 4) is 5.75 Å². The number of allylic oxidation sites excluding steroid dienone is 1. The summed E-state index contributed by atoms with van der Waals surface area (Å²) in [6, 6.07) is 7.25. The van der Waals surface area contributed by atoms with E-state index in [1.54, 1.807) is 6.08 Å². The van der Waals surface area contributed by atoms with Crippen molar-refractivity contribution in [3.63, 3.8) is 0 Å². The van der Waals surface area contributed by atoms with Gasteiger partial charge in [-0.1, -0.05) is 36.9 Å². The van der Waals surface area contributed by atoms with Gasteiger partial charge in [-0.15, -0.1) is 16.8 Å². The predicted octanol–water partition coefficient (Wildman–Crippen LogP) is 2.68. The quantitative estimate of drug-likeness (QED) is 0.468. The largest absolute Gasteiger partial charge is 0.486 e. The summed E-state index contributed by atoms with van der Waals surface area (Å²) < 4.78 is 7.62. The number of rotatable bonds is 10. The maximum Gasteiger partial charge on any atom is 0.321 e. The standard InChI is InChI=1S/C19H25N5O3S/c1-4-9-20-18(26)21-17(25)13-28-19-23-22-16(24(19)10-5-2)12-27-15-8-6-7-14(3)11-15/h5-8,11H,2,4,9-10,12-13H2,1,3H3,(H2,20,21,25,26). The number of ether oxygens (including phenoxy) is 1. The molecule has 0 unspecified atom stereocenters. The number of hydrogen-bond acceptors (Lipinski definition) is 6. The minimum atomic E-state index is -0.493. The molecule has 150 valence electrons. The number of aryl methyl sites for hydroxylation is 1. The minimum absolute atomic E-state index is 0.0492. The number of carbonyl (C=O) groups excluding carboxylic acids is 2. The summed E-state index contributed by atoms with van der Waals surface area (Å²) in [4.78, 5) is 23.4. The Kier molecular flexibility index (Phi) is 8.54. The second kappa shape index (κ2) is 11.1. The Balaban J connectivity index is 1.94. The van der Waals surface area contributed by atoms with Gasteiger partial charge >= 0.3 is 6.03 Å². The molecular weight excluding hydrogens is 378 g/mol. The van der Waals surface area contributed by atoms with Crippen LogP contribution in [0.2, 0.25) is 0 Å². The van der Waals surface area contributed by atoms with Crippen LogP contribution in [0.1, 0.15) is 24.7 Å². The molecule has 0 spiro atoms. The molecule has 0 aliphatic rings. The molecule has 1 aromatic heterocycles. The Morgan fingerprint density at radius 3 is 2.89 bits per heavy atom. The van der Waals surface area contributed by atoms with E-state index in [1.165, 1.54) is 11.8 Å². The van der Waals surface area contributed by atoms with Crippen molar-refractivity contribution in [2.45, 2.75) is 38.6 Å². The second-order valence-electron chi connectivity index (χ2n) is 6.00. The molecule has 0 saturated heterocycles. The molecule has 0 saturated carbocycles. The van der Waals surface area contributed by atoms with Gasteiger partial charge in [-0.05, 0) is 31.0 Å². The molecule has 0 atom stereocenters. The van der Waals surface area contributed by atoms with Crippen LogP contribution in [-0.4, -0.2) is 39.0 Å². The highest BCUT2D eigenvalue weighted by Crippen LogP contribution is 2.19. The first-order valence-corrected chi connectivity index (χ1v) is 9.95. The molecule has 0 radical (unpaired) electrons. The predicted molar refractivity (Wildman–Crippen MR) is 108 cm³/mol. The lowest BCUT2D eigenvalue weighted by Crippen LogP contribution is -2.40. The first-order chi connectivity index (χ1) is 13.5. The van der Waals surface area contributed by atoms with Crippen molar-refractivity contribution in [1.29, 1.82) is 0 Å². The van der Waals surface area contributed by atoms with E-state index in [4.69, 9.17) is 4.74 Å². The van der Waals surface area contributed by atoms with Crippen LogP contribution in [0.5, 0.6) is 5.75 Å². The molecule has 2 N–H and O–H groups in total. The molecule has 1 heterocycles. The molecule has 2 aromatic rings. The van der Waals surface area contributed by atoms with Gasteiger partial charge in [0.05, 0.1) is 5.75 Å². The van der Waals surface area contributed by atoms with Gasteiger partial charge in [0.2, 0.25) is 5.91 Å². The molecule has 8 nitrogen and oxygen atoms in total. The Morgan fingerprint density at radius 1 is 1.36 bits per heavy atom. The molecule has 0 aliphatic heterocycles. The Morgan fingerprint density at radius 2 is 2.18 bits per heavy atom. The van der Waals surface area contributed by atoms with E-state index in [9.17, 15) is 9.59 Å². The lowest BCUT2D eigenvalue weighted by molar-refractivity contribution is -0.117. The van der Waals surface area contributed by atoms with Crippen LogP contribution in [0, 0.1) is 6.92 Å². The van der Waals surface area contributed by atoms with Gasteiger partial charge in [-0.3, -0.25) is 14.7 Å². The first kappa shape index (κ1) is 21.5. The van der Waals surface area contributed by atoms with E-state index in [-0.39, 0.29) is 12.4 Å². The van der Waals surface area contributed by atoms with Crippen molar-refractivity contribution in [2.24, 2.45) is 0 Å². The number of imide groups is 1. The van der Waals surface area contributed by atoms with Gasteiger partial charge in [-0.2, -0.15) is 0 Å². The third kappa shape index (κ3) is 6.73. The Bertz CT molecular complexity index is 822. The average Bonchev–Trinajstić information content (AvgIpc) is 3.05. The zero-order valence-electron chi connectivity index (χ0n) is 16.1. The van der Waals surface area contributed by atoms with Crippen molar-refractivity contribution < 1.29 is 14.3 Å². The number of benzene rings is 1. The van der Waals surface area contributed by atoms with E-state index in [0.717, 1.165) is 17.7 Å². The van der Waals surface area contributed by atoms with Crippen LogP contribution in [0.15, 0.2) is 42.1 Å². The third-order valence-corrected chi connectivity index (χ3v) is 4.55. The third-order valence-electron chi connectivity index (χ3n) is 3.58. The van der Waals surface area contributed by atoms with Crippen LogP contribution in [0.25, 0.3) is 0 Å². The summed E-state index contributed by atoms with van der Waals surface area (Å²) >= 11 is 1.20. The summed E-state index contributed by atoms with van der Waals surface area (Å²) in [5.74, 6) is 1.03. The lowest BCUT2D eigenvalue weighted by Gasteiger charge is -2.09. The van der Waals surface area contributed by atoms with Crippen molar-refractivity contribution in [1.82, 2.24) is 25.4 Å². The van der Waals surface area contributed by atoms with Crippen LogP contribution in [-0.2, 0) is 17.9 Å². The van der Waals surface area contributed by atoms with Crippen LogP contribution < -0.4 is 15.4 Å². The number of carbonyl (C=O) groups is 2. The van der Waals surface area contributed by atoms with E-state index in [2.05, 4.69) is 27.4 Å². The van der Waals surface area contributed by atoms with Gasteiger partial charge in [0.15, 0.2) is 11.0 Å². The second-order valence-corrected chi connectivity index (χ2v) is 6.94. The van der Waals surface area contributed by atoms with Crippen molar-refractivity contribution in [3.05, 3.63) is 48.3 Å². The smallest absolute Gasteiger partial charge is 0.321 e. The normalized spacial score (nSPS) is 10.4. The zero-order valence-corrected chi connectivity index (χ0v) is 16.9. The molecule has 0 bridgehead atoms. The topological polar surface area (TPSA) is 98.1 Å². The highest BCUT2D eigenvalue weighted by Gasteiger charge is 2.15. The maximum absolute atomic E-state index is 11.9. The number of hydrogen-bond donors (Lipinski definition) is 2. The summed E-state index contributed by atoms with van der Waals surface area (Å²) in [7, 11) is 0. The fourth-order valence-electron chi connectivity index (χ4n) is 2.27. The van der Waals surface area contributed by atoms with Gasteiger partial charge < -0.3 is 10.1 Å².